The molecule has 0 saturated heterocycles. The number of carbonyl (C=O) groups is 1. The third-order valence-electron chi connectivity index (χ3n) is 4.40. The van der Waals surface area contributed by atoms with Crippen molar-refractivity contribution in [1.82, 2.24) is 9.73 Å². The zero-order valence-corrected chi connectivity index (χ0v) is 21.6. The van der Waals surface area contributed by atoms with Crippen LogP contribution < -0.4 is 5.43 Å². The second-order valence-electron chi connectivity index (χ2n) is 6.81. The highest BCUT2D eigenvalue weighted by Gasteiger charge is 2.27. The number of rotatable bonds is 8. The quantitative estimate of drug-likeness (QED) is 0.269. The van der Waals surface area contributed by atoms with E-state index in [0.29, 0.717) is 26.2 Å². The van der Waals surface area contributed by atoms with Gasteiger partial charge >= 0.3 is 0 Å². The number of benzene rings is 3. The molecule has 0 radical (unpaired) electrons. The van der Waals surface area contributed by atoms with Gasteiger partial charge in [-0.25, -0.2) is 13.8 Å². The summed E-state index contributed by atoms with van der Waals surface area (Å²) in [7, 11) is -4.00. The number of nitrogens with zero attached hydrogens (tertiary/aromatic N) is 2. The fourth-order valence-corrected chi connectivity index (χ4v) is 4.98. The summed E-state index contributed by atoms with van der Waals surface area (Å²) in [4.78, 5) is 12.6. The van der Waals surface area contributed by atoms with Crippen LogP contribution in [0.1, 0.15) is 11.1 Å². The van der Waals surface area contributed by atoms with E-state index < -0.39 is 22.5 Å². The summed E-state index contributed by atoms with van der Waals surface area (Å²) in [5.41, 5.74) is 3.59. The van der Waals surface area contributed by atoms with E-state index in [1.807, 2.05) is 0 Å². The van der Waals surface area contributed by atoms with E-state index in [2.05, 4.69) is 26.5 Å². The van der Waals surface area contributed by atoms with E-state index in [0.717, 1.165) is 8.78 Å². The molecule has 0 heterocycles. The van der Waals surface area contributed by atoms with Crippen molar-refractivity contribution in [3.8, 4) is 0 Å². The molecule has 0 atom stereocenters. The molecule has 0 aromatic heterocycles. The molecule has 1 N–H and O–H groups in total. The van der Waals surface area contributed by atoms with E-state index in [4.69, 9.17) is 34.8 Å². The van der Waals surface area contributed by atoms with E-state index in [-0.39, 0.29) is 11.4 Å². The van der Waals surface area contributed by atoms with Gasteiger partial charge < -0.3 is 0 Å². The Bertz CT molecular complexity index is 1270. The largest absolute Gasteiger partial charge is 0.272 e. The van der Waals surface area contributed by atoms with Crippen molar-refractivity contribution in [2.75, 3.05) is 6.54 Å². The molecule has 0 spiro atoms. The van der Waals surface area contributed by atoms with Gasteiger partial charge in [-0.3, -0.25) is 4.79 Å². The molecule has 33 heavy (non-hydrogen) atoms. The molecule has 3 rings (SSSR count). The normalized spacial score (nSPS) is 11.8. The lowest BCUT2D eigenvalue weighted by molar-refractivity contribution is -0.121. The number of amides is 1. The van der Waals surface area contributed by atoms with Crippen LogP contribution in [-0.4, -0.2) is 31.4 Å². The standard InChI is InChI=1S/C22H17BrCl3N3O3S/c23-17-4-1-15(2-5-17)13-29(33(31,32)20-9-7-18(24)8-10-20)14-22(30)28-27-12-16-3-6-19(25)11-21(16)26/h1-12H,13-14H2,(H,28,30)/b27-12-. The van der Waals surface area contributed by atoms with Gasteiger partial charge in [0.15, 0.2) is 0 Å². The van der Waals surface area contributed by atoms with Crippen molar-refractivity contribution >= 4 is 72.9 Å². The SMILES string of the molecule is O=C(CN(Cc1ccc(Br)cc1)S(=O)(=O)c1ccc(Cl)cc1)N/N=C\c1ccc(Cl)cc1Cl. The van der Waals surface area contributed by atoms with Crippen LogP contribution in [0.25, 0.3) is 0 Å². The fourth-order valence-electron chi connectivity index (χ4n) is 2.75. The molecule has 0 aliphatic carbocycles. The van der Waals surface area contributed by atoms with Crippen LogP contribution >= 0.6 is 50.7 Å². The zero-order chi connectivity index (χ0) is 24.0. The van der Waals surface area contributed by atoms with E-state index >= 15 is 0 Å². The molecule has 3 aromatic rings. The van der Waals surface area contributed by atoms with Crippen molar-refractivity contribution < 1.29 is 13.2 Å². The molecule has 0 bridgehead atoms. The fraction of sp³-hybridized carbons (Fsp3) is 0.0909. The number of halogens is 4. The first-order chi connectivity index (χ1) is 15.6. The number of sulfonamides is 1. The molecule has 3 aromatic carbocycles. The Balaban J connectivity index is 1.79. The Morgan fingerprint density at radius 1 is 0.970 bits per heavy atom. The van der Waals surface area contributed by atoms with Gasteiger partial charge in [-0.05, 0) is 54.1 Å². The van der Waals surface area contributed by atoms with Crippen LogP contribution in [0.5, 0.6) is 0 Å². The summed E-state index contributed by atoms with van der Waals surface area (Å²) in [5.74, 6) is -0.619. The second kappa shape index (κ2) is 11.5. The van der Waals surface area contributed by atoms with Crippen LogP contribution in [0.2, 0.25) is 15.1 Å². The van der Waals surface area contributed by atoms with Crippen molar-refractivity contribution in [3.05, 3.63) is 97.4 Å². The highest BCUT2D eigenvalue weighted by Crippen LogP contribution is 2.22. The number of carbonyl (C=O) groups excluding carboxylic acids is 1. The van der Waals surface area contributed by atoms with Crippen molar-refractivity contribution in [1.29, 1.82) is 0 Å². The average Bonchev–Trinajstić information content (AvgIpc) is 2.76. The molecule has 0 unspecified atom stereocenters. The maximum Gasteiger partial charge on any atom is 0.255 e. The molecule has 0 saturated carbocycles. The predicted octanol–water partition coefficient (Wildman–Crippen LogP) is 5.75. The Morgan fingerprint density at radius 3 is 2.24 bits per heavy atom. The van der Waals surface area contributed by atoms with Gasteiger partial charge in [0.2, 0.25) is 10.0 Å². The van der Waals surface area contributed by atoms with Gasteiger partial charge in [0.05, 0.1) is 22.7 Å². The Labute approximate surface area is 215 Å². The number of hydrogen-bond acceptors (Lipinski definition) is 4. The molecule has 11 heteroatoms. The van der Waals surface area contributed by atoms with E-state index in [1.165, 1.54) is 30.5 Å². The van der Waals surface area contributed by atoms with Crippen LogP contribution in [0, 0.1) is 0 Å². The molecule has 0 fully saturated rings. The first-order valence-electron chi connectivity index (χ1n) is 9.42. The maximum absolute atomic E-state index is 13.2. The van der Waals surface area contributed by atoms with Crippen LogP contribution in [0.15, 0.2) is 81.2 Å². The lowest BCUT2D eigenvalue weighted by atomic mass is 10.2. The lowest BCUT2D eigenvalue weighted by Crippen LogP contribution is -2.39. The van der Waals surface area contributed by atoms with E-state index in [9.17, 15) is 13.2 Å². The number of nitrogens with one attached hydrogen (secondary N) is 1. The molecular weight excluding hydrogens is 573 g/mol. The predicted molar refractivity (Wildman–Crippen MR) is 135 cm³/mol. The summed E-state index contributed by atoms with van der Waals surface area (Å²) in [6.45, 7) is -0.467. The minimum Gasteiger partial charge on any atom is -0.272 e. The zero-order valence-electron chi connectivity index (χ0n) is 16.9. The van der Waals surface area contributed by atoms with E-state index in [1.54, 1.807) is 42.5 Å². The van der Waals surface area contributed by atoms with Gasteiger partial charge in [0, 0.05) is 26.6 Å². The molecule has 172 valence electrons. The summed E-state index contributed by atoms with van der Waals surface area (Å²) >= 11 is 21.2. The average molecular weight is 590 g/mol. The highest BCUT2D eigenvalue weighted by molar-refractivity contribution is 9.10. The smallest absolute Gasteiger partial charge is 0.255 e. The van der Waals surface area contributed by atoms with Gasteiger partial charge in [-0.2, -0.15) is 9.41 Å². The van der Waals surface area contributed by atoms with Crippen molar-refractivity contribution in [3.63, 3.8) is 0 Å². The Hall–Kier alpha value is -1.94. The molecule has 1 amide bonds. The van der Waals surface area contributed by atoms with Gasteiger partial charge in [-0.1, -0.05) is 68.9 Å². The molecule has 0 aliphatic rings. The minimum atomic E-state index is -4.00. The van der Waals surface area contributed by atoms with Gasteiger partial charge in [0.1, 0.15) is 0 Å². The second-order valence-corrected chi connectivity index (χ2v) is 10.9. The third kappa shape index (κ3) is 7.27. The highest BCUT2D eigenvalue weighted by atomic mass is 79.9. The summed E-state index contributed by atoms with van der Waals surface area (Å²) in [5, 5.41) is 5.11. The maximum atomic E-state index is 13.2. The lowest BCUT2D eigenvalue weighted by Gasteiger charge is -2.21. The van der Waals surface area contributed by atoms with Crippen molar-refractivity contribution in [2.24, 2.45) is 5.10 Å². The van der Waals surface area contributed by atoms with Crippen LogP contribution in [0.4, 0.5) is 0 Å². The van der Waals surface area contributed by atoms with Crippen LogP contribution in [0.3, 0.4) is 0 Å². The molecule has 6 nitrogen and oxygen atoms in total. The van der Waals surface area contributed by atoms with Crippen LogP contribution in [-0.2, 0) is 21.4 Å². The number of hydrogen-bond donors (Lipinski definition) is 1. The minimum absolute atomic E-state index is 0.0155. The summed E-state index contributed by atoms with van der Waals surface area (Å²) in [6.07, 6.45) is 1.35. The van der Waals surface area contributed by atoms with Gasteiger partial charge in [0.25, 0.3) is 5.91 Å². The molecule has 0 aliphatic heterocycles. The first kappa shape index (κ1) is 25.7. The number of hydrazone groups is 1. The van der Waals surface area contributed by atoms with Gasteiger partial charge in [-0.15, -0.1) is 0 Å². The Morgan fingerprint density at radius 2 is 1.61 bits per heavy atom. The first-order valence-corrected chi connectivity index (χ1v) is 12.8. The summed E-state index contributed by atoms with van der Waals surface area (Å²) in [6, 6.07) is 17.7. The monoisotopic (exact) mass is 587 g/mol. The molecular formula is C22H17BrCl3N3O3S. The third-order valence-corrected chi connectivity index (χ3v) is 7.55. The Kier molecular flexibility index (Phi) is 8.92. The van der Waals surface area contributed by atoms with Crippen molar-refractivity contribution in [2.45, 2.75) is 11.4 Å². The topological polar surface area (TPSA) is 78.8 Å². The summed E-state index contributed by atoms with van der Waals surface area (Å²) < 4.78 is 28.4.